The van der Waals surface area contributed by atoms with Crippen LogP contribution in [0.2, 0.25) is 0 Å². The van der Waals surface area contributed by atoms with Crippen LogP contribution in [0.25, 0.3) is 0 Å². The third-order valence-electron chi connectivity index (χ3n) is 5.31. The number of rotatable bonds is 9. The maximum absolute atomic E-state index is 13.3. The first-order valence-electron chi connectivity index (χ1n) is 10.7. The first kappa shape index (κ1) is 25.6. The van der Waals surface area contributed by atoms with Crippen LogP contribution < -0.4 is 20.9 Å². The van der Waals surface area contributed by atoms with E-state index in [1.807, 2.05) is 0 Å². The second-order valence-corrected chi connectivity index (χ2v) is 8.57. The van der Waals surface area contributed by atoms with Crippen molar-refractivity contribution in [3.8, 4) is 0 Å². The van der Waals surface area contributed by atoms with Gasteiger partial charge in [0.05, 0.1) is 11.4 Å². The smallest absolute Gasteiger partial charge is 0.326 e. The lowest BCUT2D eigenvalue weighted by Crippen LogP contribution is -2.61. The Morgan fingerprint density at radius 1 is 1.06 bits per heavy atom. The molecule has 4 amide bonds. The van der Waals surface area contributed by atoms with Gasteiger partial charge in [-0.2, -0.15) is 0 Å². The van der Waals surface area contributed by atoms with Gasteiger partial charge in [0.15, 0.2) is 0 Å². The summed E-state index contributed by atoms with van der Waals surface area (Å²) in [5.74, 6) is -4.33. The predicted octanol–water partition coefficient (Wildman–Crippen LogP) is 1.64. The topological polar surface area (TPSA) is 165 Å². The van der Waals surface area contributed by atoms with Gasteiger partial charge < -0.3 is 26.2 Å². The van der Waals surface area contributed by atoms with Crippen molar-refractivity contribution in [3.63, 3.8) is 0 Å². The number of fused-ring (bicyclic) bond motifs is 1. The van der Waals surface area contributed by atoms with Crippen LogP contribution in [-0.4, -0.2) is 58.1 Å². The van der Waals surface area contributed by atoms with Crippen LogP contribution in [0.5, 0.6) is 0 Å². The summed E-state index contributed by atoms with van der Waals surface area (Å²) < 4.78 is 0. The summed E-state index contributed by atoms with van der Waals surface area (Å²) in [6, 6.07) is 2.75. The van der Waals surface area contributed by atoms with Gasteiger partial charge in [0.2, 0.25) is 11.8 Å². The molecule has 3 atom stereocenters. The first-order valence-corrected chi connectivity index (χ1v) is 10.7. The molecule has 0 spiro atoms. The third kappa shape index (κ3) is 6.21. The number of carbonyl (C=O) groups excluding carboxylic acids is 3. The van der Waals surface area contributed by atoms with Gasteiger partial charge in [0, 0.05) is 6.42 Å². The van der Waals surface area contributed by atoms with Gasteiger partial charge >= 0.3 is 18.0 Å². The average molecular weight is 463 g/mol. The molecule has 0 saturated carbocycles. The minimum Gasteiger partial charge on any atom is -0.481 e. The number of carboxylic acid groups (broad SMARTS) is 2. The van der Waals surface area contributed by atoms with E-state index in [0.29, 0.717) is 11.4 Å². The van der Waals surface area contributed by atoms with Crippen molar-refractivity contribution in [3.05, 3.63) is 24.3 Å². The molecule has 1 aliphatic rings. The average Bonchev–Trinajstić information content (AvgIpc) is 2.72. The Hall–Kier alpha value is -3.63. The van der Waals surface area contributed by atoms with E-state index in [1.54, 1.807) is 52.0 Å². The van der Waals surface area contributed by atoms with E-state index in [2.05, 4.69) is 16.0 Å². The van der Waals surface area contributed by atoms with E-state index in [4.69, 9.17) is 5.11 Å². The zero-order valence-corrected chi connectivity index (χ0v) is 19.0. The molecule has 11 nitrogen and oxygen atoms in total. The standard InChI is InChI=1S/C22H30N4O7/c1-11(2)17(19(29)24-14(21(31)32)9-10-16(27)28)25-22(33)26-15-8-6-5-7-13(15)23-20(30)18(26)12(3)4/h5-8,11-12,14,17-18H,9-10H2,1-4H3,(H,23,30)(H,24,29)(H,25,33)(H,27,28)(H,31,32)/t14-,17+,18+/m0/s1. The normalized spacial score (nSPS) is 17.1. The van der Waals surface area contributed by atoms with E-state index >= 15 is 0 Å². The quantitative estimate of drug-likeness (QED) is 0.372. The Bertz CT molecular complexity index is 931. The molecule has 1 aliphatic heterocycles. The van der Waals surface area contributed by atoms with Crippen molar-refractivity contribution in [1.82, 2.24) is 10.6 Å². The largest absolute Gasteiger partial charge is 0.481 e. The van der Waals surface area contributed by atoms with Gasteiger partial charge in [0.1, 0.15) is 18.1 Å². The number of urea groups is 1. The highest BCUT2D eigenvalue weighted by molar-refractivity contribution is 6.12. The summed E-state index contributed by atoms with van der Waals surface area (Å²) in [6.45, 7) is 6.94. The van der Waals surface area contributed by atoms with Crippen LogP contribution in [-0.2, 0) is 19.2 Å². The summed E-state index contributed by atoms with van der Waals surface area (Å²) in [6.07, 6.45) is -0.740. The van der Waals surface area contributed by atoms with E-state index in [-0.39, 0.29) is 18.2 Å². The fourth-order valence-corrected chi connectivity index (χ4v) is 3.62. The summed E-state index contributed by atoms with van der Waals surface area (Å²) in [7, 11) is 0. The highest BCUT2D eigenvalue weighted by Crippen LogP contribution is 2.34. The molecule has 0 radical (unpaired) electrons. The minimum atomic E-state index is -1.42. The number of benzene rings is 1. The zero-order chi connectivity index (χ0) is 24.9. The fourth-order valence-electron chi connectivity index (χ4n) is 3.62. The van der Waals surface area contributed by atoms with E-state index < -0.39 is 54.3 Å². The molecule has 1 heterocycles. The Balaban J connectivity index is 2.28. The number of amides is 4. The molecule has 0 saturated heterocycles. The molecule has 1 aromatic carbocycles. The van der Waals surface area contributed by atoms with Gasteiger partial charge in [0.25, 0.3) is 0 Å². The second kappa shape index (κ2) is 10.8. The molecule has 1 aromatic rings. The number of hydrogen-bond acceptors (Lipinski definition) is 5. The van der Waals surface area contributed by atoms with Gasteiger partial charge in [-0.05, 0) is 30.4 Å². The summed E-state index contributed by atoms with van der Waals surface area (Å²) in [4.78, 5) is 62.4. The lowest BCUT2D eigenvalue weighted by molar-refractivity contribution is -0.143. The molecule has 0 unspecified atom stereocenters. The van der Waals surface area contributed by atoms with E-state index in [1.165, 1.54) is 4.90 Å². The number of nitrogens with zero attached hydrogens (tertiary/aromatic N) is 1. The molecule has 0 fully saturated rings. The molecule has 11 heteroatoms. The zero-order valence-electron chi connectivity index (χ0n) is 19.0. The number of para-hydroxylation sites is 2. The molecular formula is C22H30N4O7. The summed E-state index contributed by atoms with van der Waals surface area (Å²) in [5.41, 5.74) is 0.931. The highest BCUT2D eigenvalue weighted by Gasteiger charge is 2.40. The lowest BCUT2D eigenvalue weighted by Gasteiger charge is -2.39. The summed E-state index contributed by atoms with van der Waals surface area (Å²) >= 11 is 0. The van der Waals surface area contributed by atoms with Crippen molar-refractivity contribution < 1.29 is 34.2 Å². The molecular weight excluding hydrogens is 432 g/mol. The third-order valence-corrected chi connectivity index (χ3v) is 5.31. The summed E-state index contributed by atoms with van der Waals surface area (Å²) in [5, 5.41) is 25.9. The van der Waals surface area contributed by atoms with Crippen LogP contribution in [0.1, 0.15) is 40.5 Å². The number of nitrogens with one attached hydrogen (secondary N) is 3. The highest BCUT2D eigenvalue weighted by atomic mass is 16.4. The SMILES string of the molecule is CC(C)[C@@H](NC(=O)N1c2ccccc2NC(=O)[C@H]1C(C)C)C(=O)N[C@@H](CCC(=O)O)C(=O)O. The van der Waals surface area contributed by atoms with Crippen LogP contribution >= 0.6 is 0 Å². The monoisotopic (exact) mass is 462 g/mol. The molecule has 33 heavy (non-hydrogen) atoms. The van der Waals surface area contributed by atoms with Crippen LogP contribution in [0, 0.1) is 11.8 Å². The van der Waals surface area contributed by atoms with Crippen molar-refractivity contribution in [2.75, 3.05) is 10.2 Å². The van der Waals surface area contributed by atoms with Crippen molar-refractivity contribution in [2.24, 2.45) is 11.8 Å². The first-order chi connectivity index (χ1) is 15.4. The van der Waals surface area contributed by atoms with Gasteiger partial charge in [-0.25, -0.2) is 9.59 Å². The van der Waals surface area contributed by atoms with Crippen molar-refractivity contribution >= 4 is 41.2 Å². The van der Waals surface area contributed by atoms with Crippen LogP contribution in [0.3, 0.4) is 0 Å². The molecule has 5 N–H and O–H groups in total. The van der Waals surface area contributed by atoms with Gasteiger partial charge in [-0.1, -0.05) is 39.8 Å². The second-order valence-electron chi connectivity index (χ2n) is 8.57. The number of aliphatic carboxylic acids is 2. The maximum Gasteiger partial charge on any atom is 0.326 e. The van der Waals surface area contributed by atoms with Crippen LogP contribution in [0.15, 0.2) is 24.3 Å². The number of carbonyl (C=O) groups is 5. The van der Waals surface area contributed by atoms with E-state index in [0.717, 1.165) is 0 Å². The molecule has 180 valence electrons. The Kier molecular flexibility index (Phi) is 8.38. The van der Waals surface area contributed by atoms with Gasteiger partial charge in [-0.15, -0.1) is 0 Å². The lowest BCUT2D eigenvalue weighted by atomic mass is 9.97. The van der Waals surface area contributed by atoms with Crippen molar-refractivity contribution in [2.45, 2.75) is 58.7 Å². The minimum absolute atomic E-state index is 0.233. The maximum atomic E-state index is 13.3. The predicted molar refractivity (Wildman–Crippen MR) is 120 cm³/mol. The fraction of sp³-hybridized carbons (Fsp3) is 0.500. The number of carboxylic acids is 2. The molecule has 0 aromatic heterocycles. The molecule has 0 aliphatic carbocycles. The van der Waals surface area contributed by atoms with Gasteiger partial charge in [-0.3, -0.25) is 19.3 Å². The molecule has 0 bridgehead atoms. The Labute approximate surface area is 191 Å². The number of anilines is 2. The molecule has 2 rings (SSSR count). The van der Waals surface area contributed by atoms with Crippen LogP contribution in [0.4, 0.5) is 16.2 Å². The Morgan fingerprint density at radius 2 is 1.70 bits per heavy atom. The van der Waals surface area contributed by atoms with Crippen molar-refractivity contribution in [1.29, 1.82) is 0 Å². The Morgan fingerprint density at radius 3 is 2.24 bits per heavy atom. The number of hydrogen-bond donors (Lipinski definition) is 5. The van der Waals surface area contributed by atoms with E-state index in [9.17, 15) is 29.1 Å².